The first-order chi connectivity index (χ1) is 17.8. The molecule has 1 fully saturated rings. The third kappa shape index (κ3) is 5.80. The summed E-state index contributed by atoms with van der Waals surface area (Å²) in [5.41, 5.74) is 1.25. The van der Waals surface area contributed by atoms with Crippen molar-refractivity contribution >= 4 is 83.5 Å². The summed E-state index contributed by atoms with van der Waals surface area (Å²) in [5.74, 6) is -0.542. The molecule has 196 valence electrons. The largest absolute Gasteiger partial charge is 0.448 e. The summed E-state index contributed by atoms with van der Waals surface area (Å²) in [6.07, 6.45) is -3.10. The van der Waals surface area contributed by atoms with Gasteiger partial charge >= 0.3 is 11.9 Å². The lowest BCUT2D eigenvalue weighted by Gasteiger charge is -2.17. The third-order valence-corrected chi connectivity index (χ3v) is 7.88. The van der Waals surface area contributed by atoms with Gasteiger partial charge in [-0.1, -0.05) is 41.7 Å². The van der Waals surface area contributed by atoms with Gasteiger partial charge in [0.1, 0.15) is 0 Å². The number of nitro benzene ring substituents is 1. The van der Waals surface area contributed by atoms with E-state index in [1.165, 1.54) is 4.90 Å². The number of thiocarbonyl (C=S) groups is 1. The van der Waals surface area contributed by atoms with Crippen LogP contribution in [0.15, 0.2) is 62.4 Å². The van der Waals surface area contributed by atoms with Crippen LogP contribution >= 0.6 is 55.8 Å². The van der Waals surface area contributed by atoms with Crippen molar-refractivity contribution in [2.45, 2.75) is 20.0 Å². The average molecular weight is 688 g/mol. The SMILES string of the molecule is Cc1ccc(N2C(=O)/C(=C\c3cc(Br)c(Oc4ccc(C(F)(F)F)cc4[N+](=O)[O-])c(Br)c3)SC2=S)c(C)c1. The van der Waals surface area contributed by atoms with E-state index in [0.717, 1.165) is 29.0 Å². The fraction of sp³-hybridized carbons (Fsp3) is 0.120. The van der Waals surface area contributed by atoms with E-state index in [4.69, 9.17) is 17.0 Å². The number of carbonyl (C=O) groups is 1. The van der Waals surface area contributed by atoms with Crippen LogP contribution in [-0.2, 0) is 11.0 Å². The number of aryl methyl sites for hydroxylation is 2. The Hall–Kier alpha value is -2.74. The van der Waals surface area contributed by atoms with Crippen molar-refractivity contribution in [2.75, 3.05) is 4.90 Å². The number of thioether (sulfide) groups is 1. The number of benzene rings is 3. The van der Waals surface area contributed by atoms with E-state index in [1.807, 2.05) is 32.0 Å². The first-order valence-electron chi connectivity index (χ1n) is 10.6. The summed E-state index contributed by atoms with van der Waals surface area (Å²) >= 11 is 13.3. The lowest BCUT2D eigenvalue weighted by Crippen LogP contribution is -2.28. The maximum Gasteiger partial charge on any atom is 0.416 e. The van der Waals surface area contributed by atoms with Crippen LogP contribution in [0.5, 0.6) is 11.5 Å². The Kier molecular flexibility index (Phi) is 8.03. The molecule has 3 aromatic rings. The summed E-state index contributed by atoms with van der Waals surface area (Å²) < 4.78 is 45.8. The highest BCUT2D eigenvalue weighted by molar-refractivity contribution is 9.11. The summed E-state index contributed by atoms with van der Waals surface area (Å²) in [4.78, 5) is 25.5. The van der Waals surface area contributed by atoms with Gasteiger partial charge in [0.2, 0.25) is 5.75 Å². The summed E-state index contributed by atoms with van der Waals surface area (Å²) in [6.45, 7) is 3.86. The van der Waals surface area contributed by atoms with Crippen molar-refractivity contribution in [1.29, 1.82) is 0 Å². The van der Waals surface area contributed by atoms with Crippen molar-refractivity contribution in [2.24, 2.45) is 0 Å². The molecule has 13 heteroatoms. The molecule has 0 radical (unpaired) electrons. The molecule has 0 saturated carbocycles. The molecule has 0 N–H and O–H groups in total. The molecule has 0 unspecified atom stereocenters. The van der Waals surface area contributed by atoms with Crippen molar-refractivity contribution in [3.05, 3.63) is 94.7 Å². The van der Waals surface area contributed by atoms with Crippen molar-refractivity contribution < 1.29 is 27.6 Å². The molecule has 1 aliphatic rings. The number of halogens is 5. The molecular formula is C25H15Br2F3N2O4S2. The van der Waals surface area contributed by atoms with E-state index < -0.39 is 22.4 Å². The molecule has 3 aromatic carbocycles. The van der Waals surface area contributed by atoms with E-state index in [1.54, 1.807) is 18.2 Å². The first kappa shape index (κ1) is 28.3. The smallest absolute Gasteiger partial charge is 0.416 e. The highest BCUT2D eigenvalue weighted by Gasteiger charge is 2.35. The minimum Gasteiger partial charge on any atom is -0.448 e. The molecule has 4 rings (SSSR count). The van der Waals surface area contributed by atoms with Gasteiger partial charge in [0.05, 0.1) is 30.0 Å². The predicted molar refractivity (Wildman–Crippen MR) is 152 cm³/mol. The third-order valence-electron chi connectivity index (χ3n) is 5.40. The Morgan fingerprint density at radius 3 is 2.32 bits per heavy atom. The Morgan fingerprint density at radius 1 is 1.08 bits per heavy atom. The van der Waals surface area contributed by atoms with Gasteiger partial charge in [-0.3, -0.25) is 19.8 Å². The second-order valence-corrected chi connectivity index (χ2v) is 11.5. The quantitative estimate of drug-likeness (QED) is 0.115. The number of carbonyl (C=O) groups excluding carboxylic acids is 1. The van der Waals surface area contributed by atoms with Crippen LogP contribution in [0.2, 0.25) is 0 Å². The number of alkyl halides is 3. The Bertz CT molecular complexity index is 1520. The van der Waals surface area contributed by atoms with Gasteiger partial charge in [0, 0.05) is 6.07 Å². The number of amides is 1. The minimum atomic E-state index is -4.74. The molecule has 1 heterocycles. The highest BCUT2D eigenvalue weighted by atomic mass is 79.9. The van der Waals surface area contributed by atoms with Gasteiger partial charge in [0.25, 0.3) is 5.91 Å². The maximum atomic E-state index is 13.2. The van der Waals surface area contributed by atoms with Crippen LogP contribution in [0.1, 0.15) is 22.3 Å². The summed E-state index contributed by atoms with van der Waals surface area (Å²) in [7, 11) is 0. The molecule has 0 aromatic heterocycles. The van der Waals surface area contributed by atoms with Gasteiger partial charge in [-0.2, -0.15) is 13.2 Å². The fourth-order valence-electron chi connectivity index (χ4n) is 3.68. The zero-order chi connectivity index (χ0) is 27.9. The maximum absolute atomic E-state index is 13.2. The summed E-state index contributed by atoms with van der Waals surface area (Å²) in [6, 6.07) is 11.0. The molecule has 6 nitrogen and oxygen atoms in total. The zero-order valence-corrected chi connectivity index (χ0v) is 24.2. The van der Waals surface area contributed by atoms with Crippen LogP contribution in [0.25, 0.3) is 6.08 Å². The van der Waals surface area contributed by atoms with Crippen LogP contribution in [-0.4, -0.2) is 15.2 Å². The van der Waals surface area contributed by atoms with E-state index in [-0.39, 0.29) is 17.4 Å². The number of rotatable bonds is 5. The van der Waals surface area contributed by atoms with Crippen molar-refractivity contribution in [3.8, 4) is 11.5 Å². The number of nitro groups is 1. The van der Waals surface area contributed by atoms with Gasteiger partial charge in [0.15, 0.2) is 10.1 Å². The molecule has 1 saturated heterocycles. The van der Waals surface area contributed by atoms with E-state index >= 15 is 0 Å². The molecule has 0 spiro atoms. The molecule has 1 aliphatic heterocycles. The number of ether oxygens (including phenoxy) is 1. The zero-order valence-electron chi connectivity index (χ0n) is 19.4. The molecule has 0 aliphatic carbocycles. The van der Waals surface area contributed by atoms with Gasteiger partial charge in [-0.15, -0.1) is 0 Å². The normalized spacial score (nSPS) is 14.9. The Morgan fingerprint density at radius 2 is 1.74 bits per heavy atom. The van der Waals surface area contributed by atoms with Crippen LogP contribution in [0.3, 0.4) is 0 Å². The highest BCUT2D eigenvalue weighted by Crippen LogP contribution is 2.44. The number of hydrogen-bond acceptors (Lipinski definition) is 6. The van der Waals surface area contributed by atoms with Crippen LogP contribution in [0, 0.1) is 24.0 Å². The van der Waals surface area contributed by atoms with Gasteiger partial charge < -0.3 is 4.74 Å². The lowest BCUT2D eigenvalue weighted by molar-refractivity contribution is -0.385. The molecule has 0 atom stereocenters. The topological polar surface area (TPSA) is 72.7 Å². The Balaban J connectivity index is 1.64. The van der Waals surface area contributed by atoms with E-state index in [2.05, 4.69) is 31.9 Å². The van der Waals surface area contributed by atoms with Crippen LogP contribution < -0.4 is 9.64 Å². The van der Waals surface area contributed by atoms with E-state index in [9.17, 15) is 28.1 Å². The number of anilines is 1. The van der Waals surface area contributed by atoms with Gasteiger partial charge in [-0.05, 0) is 93.2 Å². The average Bonchev–Trinajstić information content (AvgIpc) is 3.08. The second kappa shape index (κ2) is 10.8. The number of hydrogen-bond donors (Lipinski definition) is 0. The minimum absolute atomic E-state index is 0.104. The molecule has 0 bridgehead atoms. The Labute approximate surface area is 241 Å². The lowest BCUT2D eigenvalue weighted by atomic mass is 10.1. The second-order valence-electron chi connectivity index (χ2n) is 8.16. The fourth-order valence-corrected chi connectivity index (χ4v) is 6.34. The van der Waals surface area contributed by atoms with Crippen molar-refractivity contribution in [3.63, 3.8) is 0 Å². The van der Waals surface area contributed by atoms with Gasteiger partial charge in [-0.25, -0.2) is 0 Å². The predicted octanol–water partition coefficient (Wildman–Crippen LogP) is 8.95. The number of nitrogens with zero attached hydrogens (tertiary/aromatic N) is 2. The first-order valence-corrected chi connectivity index (χ1v) is 13.4. The summed E-state index contributed by atoms with van der Waals surface area (Å²) in [5, 5.41) is 11.4. The molecule has 38 heavy (non-hydrogen) atoms. The van der Waals surface area contributed by atoms with Crippen molar-refractivity contribution in [1.82, 2.24) is 0 Å². The molecule has 1 amide bonds. The standard InChI is InChI=1S/C25H15Br2F3N2O4S2/c1-12-3-5-18(13(2)7-12)31-23(33)21(38-24(31)37)10-14-8-16(26)22(17(27)9-14)36-20-6-4-15(25(28,29)30)11-19(20)32(34)35/h3-11H,1-2H3/b21-10+. The van der Waals surface area contributed by atoms with E-state index in [0.29, 0.717) is 41.6 Å². The monoisotopic (exact) mass is 686 g/mol. The molecular weight excluding hydrogens is 673 g/mol. The van der Waals surface area contributed by atoms with Crippen LogP contribution in [0.4, 0.5) is 24.5 Å².